The number of nitro benzene ring substituents is 1. The lowest BCUT2D eigenvalue weighted by atomic mass is 10.1. The van der Waals surface area contributed by atoms with Crippen molar-refractivity contribution in [1.82, 2.24) is 5.32 Å². The van der Waals surface area contributed by atoms with E-state index in [2.05, 4.69) is 5.32 Å². The standard InChI is InChI=1S/C13H18N2O4/c1-4-19-13(16)10(3)14-8-11-6-5-9(2)12(7-11)15(17)18/h5-7,10,14H,4,8H2,1-3H3. The second kappa shape index (κ2) is 6.84. The minimum Gasteiger partial charge on any atom is -0.465 e. The predicted octanol–water partition coefficient (Wildman–Crippen LogP) is 1.94. The topological polar surface area (TPSA) is 81.5 Å². The third-order valence-corrected chi connectivity index (χ3v) is 2.72. The fraction of sp³-hybridized carbons (Fsp3) is 0.462. The van der Waals surface area contributed by atoms with E-state index in [1.165, 1.54) is 6.07 Å². The summed E-state index contributed by atoms with van der Waals surface area (Å²) >= 11 is 0. The molecule has 0 saturated carbocycles. The van der Waals surface area contributed by atoms with Gasteiger partial charge in [-0.05, 0) is 26.3 Å². The minimum atomic E-state index is -0.444. The van der Waals surface area contributed by atoms with Crippen LogP contribution < -0.4 is 5.32 Å². The average molecular weight is 266 g/mol. The molecule has 6 nitrogen and oxygen atoms in total. The number of carbonyl (C=O) groups excluding carboxylic acids is 1. The number of aryl methyl sites for hydroxylation is 1. The van der Waals surface area contributed by atoms with Gasteiger partial charge in [-0.2, -0.15) is 0 Å². The molecular weight excluding hydrogens is 248 g/mol. The molecule has 0 bridgehead atoms. The third-order valence-electron chi connectivity index (χ3n) is 2.72. The molecule has 0 amide bonds. The highest BCUT2D eigenvalue weighted by atomic mass is 16.6. The van der Waals surface area contributed by atoms with Crippen molar-refractivity contribution in [2.45, 2.75) is 33.4 Å². The average Bonchev–Trinajstić information content (AvgIpc) is 2.37. The predicted molar refractivity (Wildman–Crippen MR) is 70.8 cm³/mol. The molecule has 0 spiro atoms. The quantitative estimate of drug-likeness (QED) is 0.483. The zero-order chi connectivity index (χ0) is 14.4. The van der Waals surface area contributed by atoms with Crippen LogP contribution in [0.1, 0.15) is 25.0 Å². The van der Waals surface area contributed by atoms with Gasteiger partial charge >= 0.3 is 5.97 Å². The summed E-state index contributed by atoms with van der Waals surface area (Å²) in [7, 11) is 0. The fourth-order valence-corrected chi connectivity index (χ4v) is 1.58. The number of nitrogens with zero attached hydrogens (tertiary/aromatic N) is 1. The van der Waals surface area contributed by atoms with Crippen LogP contribution in [0.25, 0.3) is 0 Å². The van der Waals surface area contributed by atoms with Crippen molar-refractivity contribution in [3.8, 4) is 0 Å². The molecular formula is C13H18N2O4. The van der Waals surface area contributed by atoms with Crippen LogP contribution in [0.3, 0.4) is 0 Å². The molecule has 0 aromatic heterocycles. The molecule has 19 heavy (non-hydrogen) atoms. The van der Waals surface area contributed by atoms with Crippen LogP contribution in [-0.2, 0) is 16.1 Å². The van der Waals surface area contributed by atoms with Crippen LogP contribution in [-0.4, -0.2) is 23.5 Å². The molecule has 0 radical (unpaired) electrons. The Morgan fingerprint density at radius 2 is 2.21 bits per heavy atom. The maximum atomic E-state index is 11.4. The smallest absolute Gasteiger partial charge is 0.322 e. The van der Waals surface area contributed by atoms with Crippen LogP contribution in [0.4, 0.5) is 5.69 Å². The highest BCUT2D eigenvalue weighted by Gasteiger charge is 2.14. The molecule has 0 aliphatic rings. The van der Waals surface area contributed by atoms with Gasteiger partial charge in [0.05, 0.1) is 11.5 Å². The molecule has 1 unspecified atom stereocenters. The van der Waals surface area contributed by atoms with Crippen molar-refractivity contribution in [2.24, 2.45) is 0 Å². The molecule has 104 valence electrons. The first-order valence-corrected chi connectivity index (χ1v) is 6.09. The largest absolute Gasteiger partial charge is 0.465 e. The SMILES string of the molecule is CCOC(=O)C(C)NCc1ccc(C)c([N+](=O)[O-])c1. The molecule has 1 N–H and O–H groups in total. The van der Waals surface area contributed by atoms with Crippen molar-refractivity contribution in [3.63, 3.8) is 0 Å². The highest BCUT2D eigenvalue weighted by Crippen LogP contribution is 2.19. The lowest BCUT2D eigenvalue weighted by molar-refractivity contribution is -0.385. The summed E-state index contributed by atoms with van der Waals surface area (Å²) in [6, 6.07) is 4.57. The van der Waals surface area contributed by atoms with Crippen LogP contribution >= 0.6 is 0 Å². The summed E-state index contributed by atoms with van der Waals surface area (Å²) in [5.74, 6) is -0.330. The van der Waals surface area contributed by atoms with Gasteiger partial charge in [-0.15, -0.1) is 0 Å². The Balaban J connectivity index is 2.66. The number of nitro groups is 1. The number of nitrogens with one attached hydrogen (secondary N) is 1. The van der Waals surface area contributed by atoms with E-state index in [4.69, 9.17) is 4.74 Å². The molecule has 1 rings (SSSR count). The van der Waals surface area contributed by atoms with Gasteiger partial charge in [-0.25, -0.2) is 0 Å². The van der Waals surface area contributed by atoms with Gasteiger partial charge in [0, 0.05) is 18.2 Å². The highest BCUT2D eigenvalue weighted by molar-refractivity contribution is 5.75. The summed E-state index contributed by atoms with van der Waals surface area (Å²) in [5.41, 5.74) is 1.46. The van der Waals surface area contributed by atoms with Gasteiger partial charge in [0.1, 0.15) is 6.04 Å². The fourth-order valence-electron chi connectivity index (χ4n) is 1.58. The van der Waals surface area contributed by atoms with Crippen LogP contribution in [0.15, 0.2) is 18.2 Å². The molecule has 0 aliphatic heterocycles. The Kier molecular flexibility index (Phi) is 5.44. The molecule has 0 aliphatic carbocycles. The molecule has 6 heteroatoms. The van der Waals surface area contributed by atoms with E-state index in [0.29, 0.717) is 18.7 Å². The van der Waals surface area contributed by atoms with E-state index < -0.39 is 11.0 Å². The van der Waals surface area contributed by atoms with E-state index >= 15 is 0 Å². The van der Waals surface area contributed by atoms with Gasteiger partial charge in [0.25, 0.3) is 5.69 Å². The molecule has 0 saturated heterocycles. The second-order valence-corrected chi connectivity index (χ2v) is 4.23. The number of benzene rings is 1. The Hall–Kier alpha value is -1.95. The monoisotopic (exact) mass is 266 g/mol. The van der Waals surface area contributed by atoms with Crippen molar-refractivity contribution >= 4 is 11.7 Å². The van der Waals surface area contributed by atoms with E-state index in [1.807, 2.05) is 0 Å². The Labute approximate surface area is 111 Å². The second-order valence-electron chi connectivity index (χ2n) is 4.23. The molecule has 1 aromatic carbocycles. The van der Waals surface area contributed by atoms with Crippen molar-refractivity contribution in [1.29, 1.82) is 0 Å². The van der Waals surface area contributed by atoms with E-state index in [-0.39, 0.29) is 11.7 Å². The summed E-state index contributed by atoms with van der Waals surface area (Å²) in [6.45, 7) is 5.84. The van der Waals surface area contributed by atoms with Gasteiger partial charge in [0.15, 0.2) is 0 Å². The lowest BCUT2D eigenvalue weighted by Crippen LogP contribution is -2.34. The number of carbonyl (C=O) groups is 1. The Bertz CT molecular complexity index is 474. The number of hydrogen-bond donors (Lipinski definition) is 1. The summed E-state index contributed by atoms with van der Waals surface area (Å²) in [5, 5.41) is 13.8. The first-order chi connectivity index (χ1) is 8.95. The summed E-state index contributed by atoms with van der Waals surface area (Å²) < 4.78 is 4.86. The minimum absolute atomic E-state index is 0.0862. The molecule has 1 atom stereocenters. The van der Waals surface area contributed by atoms with Gasteiger partial charge in [0.2, 0.25) is 0 Å². The number of esters is 1. The van der Waals surface area contributed by atoms with Crippen LogP contribution in [0.2, 0.25) is 0 Å². The Morgan fingerprint density at radius 3 is 2.79 bits per heavy atom. The van der Waals surface area contributed by atoms with Gasteiger partial charge < -0.3 is 10.1 Å². The molecule has 0 heterocycles. The van der Waals surface area contributed by atoms with Crippen molar-refractivity contribution < 1.29 is 14.5 Å². The zero-order valence-corrected chi connectivity index (χ0v) is 11.3. The maximum Gasteiger partial charge on any atom is 0.322 e. The molecule has 0 fully saturated rings. The van der Waals surface area contributed by atoms with Crippen molar-refractivity contribution in [3.05, 3.63) is 39.4 Å². The number of hydrogen-bond acceptors (Lipinski definition) is 5. The third kappa shape index (κ3) is 4.33. The molecule has 1 aromatic rings. The Morgan fingerprint density at radius 1 is 1.53 bits per heavy atom. The van der Waals surface area contributed by atoms with Gasteiger partial charge in [-0.3, -0.25) is 14.9 Å². The normalized spacial score (nSPS) is 11.9. The number of ether oxygens (including phenoxy) is 1. The lowest BCUT2D eigenvalue weighted by Gasteiger charge is -2.12. The maximum absolute atomic E-state index is 11.4. The van der Waals surface area contributed by atoms with Crippen LogP contribution in [0, 0.1) is 17.0 Å². The van der Waals surface area contributed by atoms with E-state index in [0.717, 1.165) is 5.56 Å². The van der Waals surface area contributed by atoms with Crippen LogP contribution in [0.5, 0.6) is 0 Å². The summed E-state index contributed by atoms with van der Waals surface area (Å²) in [4.78, 5) is 21.8. The number of rotatable bonds is 6. The van der Waals surface area contributed by atoms with E-state index in [9.17, 15) is 14.9 Å². The first-order valence-electron chi connectivity index (χ1n) is 6.09. The first kappa shape index (κ1) is 15.1. The summed E-state index contributed by atoms with van der Waals surface area (Å²) in [6.07, 6.45) is 0. The van der Waals surface area contributed by atoms with Gasteiger partial charge in [-0.1, -0.05) is 12.1 Å². The van der Waals surface area contributed by atoms with Crippen molar-refractivity contribution in [2.75, 3.05) is 6.61 Å². The van der Waals surface area contributed by atoms with E-state index in [1.54, 1.807) is 32.9 Å². The zero-order valence-electron chi connectivity index (χ0n) is 11.3.